The lowest BCUT2D eigenvalue weighted by Gasteiger charge is -2.20. The lowest BCUT2D eigenvalue weighted by atomic mass is 9.92. The molecule has 0 saturated carbocycles. The fourth-order valence-corrected chi connectivity index (χ4v) is 2.73. The summed E-state index contributed by atoms with van der Waals surface area (Å²) in [4.78, 5) is 24.0. The third-order valence-corrected chi connectivity index (χ3v) is 3.85. The Balaban J connectivity index is 2.39. The van der Waals surface area contributed by atoms with Crippen LogP contribution < -0.4 is 11.3 Å². The summed E-state index contributed by atoms with van der Waals surface area (Å²) in [5.74, 6) is -0.310. The van der Waals surface area contributed by atoms with Crippen LogP contribution >= 0.6 is 0 Å². The second-order valence-corrected chi connectivity index (χ2v) is 5.75. The lowest BCUT2D eigenvalue weighted by Crippen LogP contribution is -2.19. The van der Waals surface area contributed by atoms with E-state index in [2.05, 4.69) is 0 Å². The van der Waals surface area contributed by atoms with Gasteiger partial charge in [0.1, 0.15) is 28.6 Å². The Bertz CT molecular complexity index is 847. The van der Waals surface area contributed by atoms with E-state index in [1.165, 1.54) is 19.2 Å². The Morgan fingerprint density at radius 3 is 1.88 bits per heavy atom. The normalized spacial score (nSPS) is 13.7. The largest absolute Gasteiger partial charge is 0.507 e. The Morgan fingerprint density at radius 2 is 1.46 bits per heavy atom. The zero-order valence-electron chi connectivity index (χ0n) is 14.0. The summed E-state index contributed by atoms with van der Waals surface area (Å²) in [5, 5.41) is 20.0. The van der Waals surface area contributed by atoms with Crippen molar-refractivity contribution in [2.75, 3.05) is 7.11 Å². The quantitative estimate of drug-likeness (QED) is 0.863. The second-order valence-electron chi connectivity index (χ2n) is 5.75. The summed E-state index contributed by atoms with van der Waals surface area (Å²) >= 11 is 0. The third-order valence-electron chi connectivity index (χ3n) is 3.85. The molecule has 0 aliphatic carbocycles. The van der Waals surface area contributed by atoms with Gasteiger partial charge in [-0.25, -0.2) is 9.59 Å². The first-order valence-corrected chi connectivity index (χ1v) is 7.44. The molecule has 2 heterocycles. The highest BCUT2D eigenvalue weighted by Gasteiger charge is 2.26. The number of methoxy groups -OCH3 is 1. The molecule has 2 N–H and O–H groups in total. The molecule has 0 radical (unpaired) electrons. The van der Waals surface area contributed by atoms with Crippen LogP contribution in [-0.4, -0.2) is 17.3 Å². The summed E-state index contributed by atoms with van der Waals surface area (Å²) in [6.45, 7) is 4.80. The lowest BCUT2D eigenvalue weighted by molar-refractivity contribution is 0.0841. The van der Waals surface area contributed by atoms with E-state index in [1.807, 2.05) is 0 Å². The van der Waals surface area contributed by atoms with Crippen LogP contribution in [0, 0.1) is 13.8 Å². The molecule has 2 aromatic heterocycles. The maximum Gasteiger partial charge on any atom is 0.345 e. The molecule has 2 unspecified atom stereocenters. The van der Waals surface area contributed by atoms with E-state index in [4.69, 9.17) is 13.6 Å². The molecule has 0 aromatic carbocycles. The average molecular weight is 336 g/mol. The van der Waals surface area contributed by atoms with Crippen molar-refractivity contribution in [1.29, 1.82) is 0 Å². The SMILES string of the molecule is COC(CC(C)c1c(O)cc(C)oc1=O)c1c(O)cc(C)oc1=O. The van der Waals surface area contributed by atoms with Gasteiger partial charge in [-0.1, -0.05) is 6.92 Å². The molecule has 2 atom stereocenters. The van der Waals surface area contributed by atoms with Crippen LogP contribution in [-0.2, 0) is 4.74 Å². The number of ether oxygens (including phenoxy) is 1. The van der Waals surface area contributed by atoms with Crippen LogP contribution in [0.15, 0.2) is 30.6 Å². The van der Waals surface area contributed by atoms with Crippen LogP contribution in [0.5, 0.6) is 11.5 Å². The van der Waals surface area contributed by atoms with Crippen LogP contribution in [0.2, 0.25) is 0 Å². The van der Waals surface area contributed by atoms with Gasteiger partial charge in [-0.05, 0) is 26.2 Å². The second kappa shape index (κ2) is 6.92. The molecule has 0 amide bonds. The first-order valence-electron chi connectivity index (χ1n) is 7.44. The Kier molecular flexibility index (Phi) is 5.14. The van der Waals surface area contributed by atoms with E-state index in [0.717, 1.165) is 0 Å². The van der Waals surface area contributed by atoms with Crippen LogP contribution in [0.1, 0.15) is 48.0 Å². The molecular weight excluding hydrogens is 316 g/mol. The molecule has 0 saturated heterocycles. The predicted molar refractivity (Wildman–Crippen MR) is 85.5 cm³/mol. The van der Waals surface area contributed by atoms with Crippen molar-refractivity contribution in [3.05, 3.63) is 55.6 Å². The smallest absolute Gasteiger partial charge is 0.345 e. The summed E-state index contributed by atoms with van der Waals surface area (Å²) in [6.07, 6.45) is -0.642. The Hall–Kier alpha value is -2.54. The molecule has 7 heteroatoms. The monoisotopic (exact) mass is 336 g/mol. The standard InChI is InChI=1S/C17H20O7/c1-8(14-11(18)6-9(2)23-16(14)20)5-13(22-4)15-12(19)7-10(3)24-17(15)21/h6-8,13,18-19H,5H2,1-4H3. The molecule has 0 bridgehead atoms. The zero-order valence-corrected chi connectivity index (χ0v) is 14.0. The average Bonchev–Trinajstić information content (AvgIpc) is 2.43. The molecule has 0 spiro atoms. The van der Waals surface area contributed by atoms with E-state index in [0.29, 0.717) is 5.76 Å². The number of hydrogen-bond acceptors (Lipinski definition) is 7. The molecule has 2 rings (SSSR count). The molecule has 0 aliphatic heterocycles. The summed E-state index contributed by atoms with van der Waals surface area (Å²) in [7, 11) is 1.38. The fraction of sp³-hybridized carbons (Fsp3) is 0.412. The molecular formula is C17H20O7. The van der Waals surface area contributed by atoms with Gasteiger partial charge < -0.3 is 23.8 Å². The van der Waals surface area contributed by atoms with Crippen LogP contribution in [0.25, 0.3) is 0 Å². The van der Waals surface area contributed by atoms with Crippen molar-refractivity contribution >= 4 is 0 Å². The molecule has 0 aliphatic rings. The maximum absolute atomic E-state index is 12.0. The van der Waals surface area contributed by atoms with Crippen molar-refractivity contribution < 1.29 is 23.8 Å². The molecule has 7 nitrogen and oxygen atoms in total. The van der Waals surface area contributed by atoms with Gasteiger partial charge in [0, 0.05) is 19.2 Å². The van der Waals surface area contributed by atoms with E-state index < -0.39 is 23.3 Å². The molecule has 24 heavy (non-hydrogen) atoms. The Labute approximate surface area is 138 Å². The van der Waals surface area contributed by atoms with E-state index in [9.17, 15) is 19.8 Å². The van der Waals surface area contributed by atoms with Crippen molar-refractivity contribution in [2.45, 2.75) is 39.2 Å². The van der Waals surface area contributed by atoms with Crippen molar-refractivity contribution in [3.63, 3.8) is 0 Å². The molecule has 2 aromatic rings. The molecule has 0 fully saturated rings. The minimum Gasteiger partial charge on any atom is -0.507 e. The first-order chi connectivity index (χ1) is 11.2. The van der Waals surface area contributed by atoms with E-state index in [-0.39, 0.29) is 34.8 Å². The van der Waals surface area contributed by atoms with E-state index >= 15 is 0 Å². The highest BCUT2D eigenvalue weighted by Crippen LogP contribution is 2.34. The minimum atomic E-state index is -0.808. The van der Waals surface area contributed by atoms with Crippen molar-refractivity contribution in [1.82, 2.24) is 0 Å². The van der Waals surface area contributed by atoms with Gasteiger partial charge in [0.2, 0.25) is 0 Å². The number of aryl methyl sites for hydroxylation is 2. The van der Waals surface area contributed by atoms with Gasteiger partial charge in [-0.2, -0.15) is 0 Å². The highest BCUT2D eigenvalue weighted by atomic mass is 16.5. The number of aromatic hydroxyl groups is 2. The fourth-order valence-electron chi connectivity index (χ4n) is 2.73. The molecule has 130 valence electrons. The van der Waals surface area contributed by atoms with Gasteiger partial charge in [0.15, 0.2) is 0 Å². The topological polar surface area (TPSA) is 110 Å². The predicted octanol–water partition coefficient (Wildman–Crippen LogP) is 2.50. The van der Waals surface area contributed by atoms with Gasteiger partial charge in [-0.3, -0.25) is 0 Å². The van der Waals surface area contributed by atoms with Crippen molar-refractivity contribution in [2.24, 2.45) is 0 Å². The highest BCUT2D eigenvalue weighted by molar-refractivity contribution is 5.35. The minimum absolute atomic E-state index is 0.0223. The Morgan fingerprint density at radius 1 is 1.00 bits per heavy atom. The maximum atomic E-state index is 12.0. The van der Waals surface area contributed by atoms with E-state index in [1.54, 1.807) is 20.8 Å². The van der Waals surface area contributed by atoms with Crippen molar-refractivity contribution in [3.8, 4) is 11.5 Å². The summed E-state index contributed by atoms with van der Waals surface area (Å²) in [6, 6.07) is 2.68. The number of rotatable bonds is 5. The van der Waals surface area contributed by atoms with Gasteiger partial charge in [0.05, 0.1) is 11.7 Å². The van der Waals surface area contributed by atoms with Gasteiger partial charge in [0.25, 0.3) is 0 Å². The summed E-state index contributed by atoms with van der Waals surface area (Å²) in [5.41, 5.74) is -1.27. The number of hydrogen-bond donors (Lipinski definition) is 2. The third kappa shape index (κ3) is 3.51. The van der Waals surface area contributed by atoms with Crippen LogP contribution in [0.3, 0.4) is 0 Å². The zero-order chi connectivity index (χ0) is 18.0. The summed E-state index contributed by atoms with van der Waals surface area (Å²) < 4.78 is 15.3. The first kappa shape index (κ1) is 17.8. The van der Waals surface area contributed by atoms with Gasteiger partial charge >= 0.3 is 11.3 Å². The van der Waals surface area contributed by atoms with Gasteiger partial charge in [-0.15, -0.1) is 0 Å². The van der Waals surface area contributed by atoms with Crippen LogP contribution in [0.4, 0.5) is 0 Å².